The van der Waals surface area contributed by atoms with Crippen LogP contribution in [0.4, 0.5) is 0 Å². The lowest BCUT2D eigenvalue weighted by molar-refractivity contribution is 0.0976. The summed E-state index contributed by atoms with van der Waals surface area (Å²) in [6.45, 7) is 1.67. The molecule has 0 amide bonds. The highest BCUT2D eigenvalue weighted by Crippen LogP contribution is 2.13. The molecule has 1 rings (SSSR count). The zero-order chi connectivity index (χ0) is 5.11. The van der Waals surface area contributed by atoms with Gasteiger partial charge in [-0.2, -0.15) is 0 Å². The second-order valence-corrected chi connectivity index (χ2v) is 1.98. The maximum Gasteiger partial charge on any atom is 0.0730 e. The third-order valence-corrected chi connectivity index (χ3v) is 1.20. The van der Waals surface area contributed by atoms with Crippen molar-refractivity contribution >= 4 is 7.85 Å². The Labute approximate surface area is 45.5 Å². The predicted octanol–water partition coefficient (Wildman–Crippen LogP) is 0.754. The van der Waals surface area contributed by atoms with Gasteiger partial charge in [-0.05, 0) is 6.42 Å². The monoisotopic (exact) mass is 96.1 g/mol. The molecular weight excluding hydrogens is 86.9 g/mol. The van der Waals surface area contributed by atoms with Crippen LogP contribution in [0.15, 0.2) is 0 Å². The van der Waals surface area contributed by atoms with Crippen molar-refractivity contribution in [3.05, 3.63) is 0 Å². The molecule has 38 valence electrons. The van der Waals surface area contributed by atoms with Gasteiger partial charge < -0.3 is 4.74 Å². The van der Waals surface area contributed by atoms with E-state index in [4.69, 9.17) is 12.6 Å². The molecule has 2 radical (unpaired) electrons. The Hall–Kier alpha value is 0.0249. The smallest absolute Gasteiger partial charge is 0.0730 e. The Bertz CT molecular complexity index is 50.0. The summed E-state index contributed by atoms with van der Waals surface area (Å²) < 4.78 is 5.06. The summed E-state index contributed by atoms with van der Waals surface area (Å²) in [7, 11) is 5.51. The lowest BCUT2D eigenvalue weighted by Gasteiger charge is -2.17. The highest BCUT2D eigenvalue weighted by molar-refractivity contribution is 6.11. The van der Waals surface area contributed by atoms with Crippen molar-refractivity contribution in [2.24, 2.45) is 0 Å². The van der Waals surface area contributed by atoms with Crippen LogP contribution >= 0.6 is 0 Å². The summed E-state index contributed by atoms with van der Waals surface area (Å²) >= 11 is 0. The van der Waals surface area contributed by atoms with Crippen molar-refractivity contribution in [2.75, 3.05) is 13.2 Å². The molecule has 1 unspecified atom stereocenters. The average molecular weight is 95.9 g/mol. The van der Waals surface area contributed by atoms with E-state index < -0.39 is 0 Å². The molecule has 1 atom stereocenters. The van der Waals surface area contributed by atoms with Gasteiger partial charge in [0.2, 0.25) is 0 Å². The molecule has 1 heterocycles. The molecule has 0 N–H and O–H groups in total. The van der Waals surface area contributed by atoms with Gasteiger partial charge in [-0.25, -0.2) is 0 Å². The van der Waals surface area contributed by atoms with Crippen molar-refractivity contribution in [2.45, 2.75) is 18.7 Å². The maximum absolute atomic E-state index is 5.51. The predicted molar refractivity (Wildman–Crippen MR) is 29.6 cm³/mol. The van der Waals surface area contributed by atoms with Gasteiger partial charge >= 0.3 is 0 Å². The Morgan fingerprint density at radius 3 is 2.71 bits per heavy atom. The molecule has 0 aliphatic carbocycles. The fraction of sp³-hybridized carbons (Fsp3) is 1.00. The summed E-state index contributed by atoms with van der Waals surface area (Å²) in [5.74, 6) is 0.314. The van der Waals surface area contributed by atoms with Gasteiger partial charge in [-0.3, -0.25) is 0 Å². The van der Waals surface area contributed by atoms with E-state index in [0.717, 1.165) is 26.1 Å². The van der Waals surface area contributed by atoms with Crippen LogP contribution in [0.25, 0.3) is 0 Å². The molecule has 1 nitrogen and oxygen atoms in total. The molecule has 1 aliphatic rings. The van der Waals surface area contributed by atoms with E-state index in [1.54, 1.807) is 0 Å². The van der Waals surface area contributed by atoms with E-state index in [1.165, 1.54) is 0 Å². The van der Waals surface area contributed by atoms with Crippen molar-refractivity contribution in [1.82, 2.24) is 0 Å². The highest BCUT2D eigenvalue weighted by Gasteiger charge is 2.05. The number of hydrogen-bond donors (Lipinski definition) is 0. The van der Waals surface area contributed by atoms with Crippen LogP contribution < -0.4 is 0 Å². The first-order chi connectivity index (χ1) is 3.39. The van der Waals surface area contributed by atoms with Gasteiger partial charge in [0.05, 0.1) is 7.85 Å². The van der Waals surface area contributed by atoms with Gasteiger partial charge in [0.1, 0.15) is 0 Å². The molecule has 2 heteroatoms. The lowest BCUT2D eigenvalue weighted by Crippen LogP contribution is -2.11. The number of rotatable bonds is 0. The minimum absolute atomic E-state index is 0.314. The van der Waals surface area contributed by atoms with Gasteiger partial charge in [-0.1, -0.05) is 12.2 Å². The van der Waals surface area contributed by atoms with E-state index >= 15 is 0 Å². The molecule has 1 fully saturated rings. The first-order valence-electron chi connectivity index (χ1n) is 2.73. The van der Waals surface area contributed by atoms with Gasteiger partial charge in [0.15, 0.2) is 0 Å². The van der Waals surface area contributed by atoms with E-state index in [9.17, 15) is 0 Å². The fourth-order valence-electron chi connectivity index (χ4n) is 0.766. The van der Waals surface area contributed by atoms with Crippen LogP contribution in [-0.4, -0.2) is 21.1 Å². The Morgan fingerprint density at radius 2 is 2.43 bits per heavy atom. The topological polar surface area (TPSA) is 9.23 Å². The largest absolute Gasteiger partial charge is 0.382 e. The molecule has 0 spiro atoms. The Balaban J connectivity index is 2.12. The normalized spacial score (nSPS) is 32.9. The van der Waals surface area contributed by atoms with Crippen molar-refractivity contribution in [1.29, 1.82) is 0 Å². The van der Waals surface area contributed by atoms with E-state index in [2.05, 4.69) is 0 Å². The SMILES string of the molecule is [B]C1CCCOC1. The summed E-state index contributed by atoms with van der Waals surface area (Å²) in [6, 6.07) is 0. The molecule has 0 aromatic carbocycles. The minimum atomic E-state index is 0.314. The Morgan fingerprint density at radius 1 is 1.57 bits per heavy atom. The molecule has 0 saturated carbocycles. The standard InChI is InChI=1S/C5H9BO/c6-5-2-1-3-7-4-5/h5H,1-4H2. The van der Waals surface area contributed by atoms with E-state index in [0.29, 0.717) is 5.82 Å². The van der Waals surface area contributed by atoms with Gasteiger partial charge in [0.25, 0.3) is 0 Å². The fourth-order valence-corrected chi connectivity index (χ4v) is 0.766. The maximum atomic E-state index is 5.51. The molecule has 7 heavy (non-hydrogen) atoms. The van der Waals surface area contributed by atoms with Crippen LogP contribution in [0.3, 0.4) is 0 Å². The second-order valence-electron chi connectivity index (χ2n) is 1.98. The van der Waals surface area contributed by atoms with Crippen LogP contribution in [0, 0.1) is 0 Å². The van der Waals surface area contributed by atoms with Crippen molar-refractivity contribution in [3.63, 3.8) is 0 Å². The average Bonchev–Trinajstić information content (AvgIpc) is 1.69. The highest BCUT2D eigenvalue weighted by atomic mass is 16.5. The summed E-state index contributed by atoms with van der Waals surface area (Å²) in [5, 5.41) is 0. The summed E-state index contributed by atoms with van der Waals surface area (Å²) in [6.07, 6.45) is 2.28. The molecule has 0 aromatic heterocycles. The van der Waals surface area contributed by atoms with Crippen LogP contribution in [0.2, 0.25) is 5.82 Å². The van der Waals surface area contributed by atoms with Crippen LogP contribution in [-0.2, 0) is 4.74 Å². The van der Waals surface area contributed by atoms with E-state index in [-0.39, 0.29) is 0 Å². The molecule has 1 aliphatic heterocycles. The Kier molecular flexibility index (Phi) is 1.74. The third kappa shape index (κ3) is 1.52. The second kappa shape index (κ2) is 2.36. The number of hydrogen-bond acceptors (Lipinski definition) is 1. The van der Waals surface area contributed by atoms with E-state index in [1.807, 2.05) is 0 Å². The summed E-state index contributed by atoms with van der Waals surface area (Å²) in [4.78, 5) is 0. The third-order valence-electron chi connectivity index (χ3n) is 1.20. The van der Waals surface area contributed by atoms with Crippen molar-refractivity contribution < 1.29 is 4.74 Å². The van der Waals surface area contributed by atoms with Gasteiger partial charge in [0, 0.05) is 13.2 Å². The quantitative estimate of drug-likeness (QED) is 0.404. The van der Waals surface area contributed by atoms with Crippen molar-refractivity contribution in [3.8, 4) is 0 Å². The molecule has 0 bridgehead atoms. The lowest BCUT2D eigenvalue weighted by atomic mass is 9.83. The first-order valence-corrected chi connectivity index (χ1v) is 2.73. The molecule has 1 saturated heterocycles. The van der Waals surface area contributed by atoms with Gasteiger partial charge in [-0.15, -0.1) is 0 Å². The molecular formula is C5H9BO. The first kappa shape index (κ1) is 5.17. The zero-order valence-corrected chi connectivity index (χ0v) is 4.39. The zero-order valence-electron chi connectivity index (χ0n) is 4.39. The van der Waals surface area contributed by atoms with Crippen LogP contribution in [0.1, 0.15) is 12.8 Å². The number of ether oxygens (including phenoxy) is 1. The molecule has 0 aromatic rings. The van der Waals surface area contributed by atoms with Crippen LogP contribution in [0.5, 0.6) is 0 Å². The summed E-state index contributed by atoms with van der Waals surface area (Å²) in [5.41, 5.74) is 0. The minimum Gasteiger partial charge on any atom is -0.382 e.